The van der Waals surface area contributed by atoms with Crippen molar-refractivity contribution >= 4 is 15.9 Å². The summed E-state index contributed by atoms with van der Waals surface area (Å²) in [6, 6.07) is 4.80. The molecule has 0 aliphatic rings. The maximum absolute atomic E-state index is 12.9. The van der Waals surface area contributed by atoms with Gasteiger partial charge in [0.1, 0.15) is 5.82 Å². The first kappa shape index (κ1) is 13.6. The smallest absolute Gasteiger partial charge is 0.124 e. The van der Waals surface area contributed by atoms with E-state index in [-0.39, 0.29) is 24.5 Å². The van der Waals surface area contributed by atoms with Crippen LogP contribution in [-0.2, 0) is 0 Å². The first-order valence-electron chi connectivity index (χ1n) is 5.40. The number of benzene rings is 1. The van der Waals surface area contributed by atoms with Crippen molar-refractivity contribution in [3.8, 4) is 0 Å². The van der Waals surface area contributed by atoms with Crippen molar-refractivity contribution in [3.05, 3.63) is 34.1 Å². The molecule has 2 atom stereocenters. The molecule has 0 spiro atoms. The zero-order valence-electron chi connectivity index (χ0n) is 9.50. The van der Waals surface area contributed by atoms with Crippen LogP contribution >= 0.6 is 15.9 Å². The molecule has 0 fully saturated rings. The normalized spacial score (nSPS) is 14.8. The number of aliphatic hydroxyl groups is 1. The van der Waals surface area contributed by atoms with Crippen LogP contribution in [0.3, 0.4) is 0 Å². The van der Waals surface area contributed by atoms with Crippen LogP contribution in [0, 0.1) is 5.82 Å². The Hall–Kier alpha value is -0.450. The van der Waals surface area contributed by atoms with E-state index in [1.807, 2.05) is 13.8 Å². The van der Waals surface area contributed by atoms with Crippen molar-refractivity contribution in [1.29, 1.82) is 0 Å². The number of hydrogen-bond donors (Lipinski definition) is 2. The van der Waals surface area contributed by atoms with Crippen LogP contribution in [0.25, 0.3) is 0 Å². The molecular weight excluding hydrogens is 273 g/mol. The minimum absolute atomic E-state index is 0.0759. The molecule has 16 heavy (non-hydrogen) atoms. The second-order valence-corrected chi connectivity index (χ2v) is 4.70. The fourth-order valence-corrected chi connectivity index (χ4v) is 2.29. The fraction of sp³-hybridized carbons (Fsp3) is 0.500. The lowest BCUT2D eigenvalue weighted by atomic mass is 10.1. The predicted octanol–water partition coefficient (Wildman–Crippen LogP) is 3.01. The molecule has 1 unspecified atom stereocenters. The Balaban J connectivity index is 2.76. The van der Waals surface area contributed by atoms with Gasteiger partial charge in [-0.15, -0.1) is 0 Å². The molecule has 1 aromatic carbocycles. The molecule has 4 heteroatoms. The standard InChI is InChI=1S/C12H17BrFNO/c1-3-10(7-16)15-8(2)11-5-4-9(14)6-12(11)13/h4-6,8,10,15-16H,3,7H2,1-2H3/t8?,10-/m1/s1. The van der Waals surface area contributed by atoms with Crippen LogP contribution in [0.1, 0.15) is 31.9 Å². The Morgan fingerprint density at radius 1 is 1.50 bits per heavy atom. The average molecular weight is 290 g/mol. The average Bonchev–Trinajstić information content (AvgIpc) is 2.25. The van der Waals surface area contributed by atoms with Gasteiger partial charge in [-0.2, -0.15) is 0 Å². The quantitative estimate of drug-likeness (QED) is 0.873. The second-order valence-electron chi connectivity index (χ2n) is 3.84. The van der Waals surface area contributed by atoms with E-state index in [9.17, 15) is 4.39 Å². The number of hydrogen-bond acceptors (Lipinski definition) is 2. The number of aliphatic hydroxyl groups excluding tert-OH is 1. The summed E-state index contributed by atoms with van der Waals surface area (Å²) < 4.78 is 13.7. The molecule has 0 saturated heterocycles. The molecule has 1 rings (SSSR count). The first-order chi connectivity index (χ1) is 7.58. The van der Waals surface area contributed by atoms with Gasteiger partial charge >= 0.3 is 0 Å². The Morgan fingerprint density at radius 2 is 2.19 bits per heavy atom. The second kappa shape index (κ2) is 6.33. The van der Waals surface area contributed by atoms with E-state index in [1.54, 1.807) is 6.07 Å². The number of halogens is 2. The molecule has 0 aliphatic heterocycles. The van der Waals surface area contributed by atoms with Gasteiger partial charge in [-0.3, -0.25) is 0 Å². The lowest BCUT2D eigenvalue weighted by Gasteiger charge is -2.21. The molecule has 90 valence electrons. The molecule has 0 radical (unpaired) electrons. The van der Waals surface area contributed by atoms with Crippen molar-refractivity contribution in [2.45, 2.75) is 32.4 Å². The van der Waals surface area contributed by atoms with E-state index < -0.39 is 0 Å². The summed E-state index contributed by atoms with van der Waals surface area (Å²) in [4.78, 5) is 0. The van der Waals surface area contributed by atoms with E-state index >= 15 is 0 Å². The van der Waals surface area contributed by atoms with E-state index in [0.29, 0.717) is 0 Å². The van der Waals surface area contributed by atoms with Crippen molar-refractivity contribution in [2.24, 2.45) is 0 Å². The van der Waals surface area contributed by atoms with Crippen LogP contribution in [0.5, 0.6) is 0 Å². The van der Waals surface area contributed by atoms with E-state index in [2.05, 4.69) is 21.2 Å². The molecule has 0 amide bonds. The molecule has 0 aromatic heterocycles. The maximum Gasteiger partial charge on any atom is 0.124 e. The van der Waals surface area contributed by atoms with Crippen LogP contribution < -0.4 is 5.32 Å². The highest BCUT2D eigenvalue weighted by atomic mass is 79.9. The van der Waals surface area contributed by atoms with Crippen LogP contribution in [0.4, 0.5) is 4.39 Å². The Kier molecular flexibility index (Phi) is 5.38. The molecule has 0 bridgehead atoms. The van der Waals surface area contributed by atoms with E-state index in [0.717, 1.165) is 16.5 Å². The third-order valence-electron chi connectivity index (χ3n) is 2.63. The van der Waals surface area contributed by atoms with Crippen molar-refractivity contribution in [1.82, 2.24) is 5.32 Å². The van der Waals surface area contributed by atoms with Crippen molar-refractivity contribution < 1.29 is 9.50 Å². The van der Waals surface area contributed by atoms with Gasteiger partial charge < -0.3 is 10.4 Å². The van der Waals surface area contributed by atoms with Gasteiger partial charge in [0.05, 0.1) is 6.61 Å². The Bertz CT molecular complexity index is 342. The van der Waals surface area contributed by atoms with Gasteiger partial charge in [0, 0.05) is 16.6 Å². The number of nitrogens with one attached hydrogen (secondary N) is 1. The first-order valence-corrected chi connectivity index (χ1v) is 6.19. The minimum atomic E-state index is -0.253. The Morgan fingerprint density at radius 3 is 2.69 bits per heavy atom. The van der Waals surface area contributed by atoms with Crippen LogP contribution in [0.2, 0.25) is 0 Å². The van der Waals surface area contributed by atoms with Gasteiger partial charge in [-0.05, 0) is 31.0 Å². The largest absolute Gasteiger partial charge is 0.395 e. The molecule has 1 aromatic rings. The predicted molar refractivity (Wildman–Crippen MR) is 66.8 cm³/mol. The lowest BCUT2D eigenvalue weighted by molar-refractivity contribution is 0.230. The summed E-state index contributed by atoms with van der Waals surface area (Å²) in [6.07, 6.45) is 0.861. The molecule has 0 aliphatic carbocycles. The fourth-order valence-electron chi connectivity index (χ4n) is 1.60. The van der Waals surface area contributed by atoms with Crippen molar-refractivity contribution in [2.75, 3.05) is 6.61 Å². The minimum Gasteiger partial charge on any atom is -0.395 e. The van der Waals surface area contributed by atoms with Crippen LogP contribution in [0.15, 0.2) is 22.7 Å². The highest BCUT2D eigenvalue weighted by Gasteiger charge is 2.13. The SMILES string of the molecule is CC[C@H](CO)NC(C)c1ccc(F)cc1Br. The summed E-state index contributed by atoms with van der Waals surface area (Å²) in [5.74, 6) is -0.253. The van der Waals surface area contributed by atoms with Crippen LogP contribution in [-0.4, -0.2) is 17.8 Å². The third-order valence-corrected chi connectivity index (χ3v) is 3.31. The summed E-state index contributed by atoms with van der Waals surface area (Å²) in [5.41, 5.74) is 0.994. The van der Waals surface area contributed by atoms with Gasteiger partial charge in [-0.1, -0.05) is 28.9 Å². The molecule has 0 saturated carbocycles. The summed E-state index contributed by atoms with van der Waals surface area (Å²) in [6.45, 7) is 4.12. The summed E-state index contributed by atoms with van der Waals surface area (Å²) >= 11 is 3.34. The monoisotopic (exact) mass is 289 g/mol. The van der Waals surface area contributed by atoms with Gasteiger partial charge in [0.2, 0.25) is 0 Å². The third kappa shape index (κ3) is 3.54. The van der Waals surface area contributed by atoms with Gasteiger partial charge in [0.15, 0.2) is 0 Å². The Labute approximate surface area is 104 Å². The molecular formula is C12H17BrFNO. The molecule has 0 heterocycles. The van der Waals surface area contributed by atoms with E-state index in [1.165, 1.54) is 12.1 Å². The number of rotatable bonds is 5. The van der Waals surface area contributed by atoms with Gasteiger partial charge in [0.25, 0.3) is 0 Å². The van der Waals surface area contributed by atoms with Gasteiger partial charge in [-0.25, -0.2) is 4.39 Å². The zero-order valence-corrected chi connectivity index (χ0v) is 11.1. The summed E-state index contributed by atoms with van der Waals surface area (Å²) in [5, 5.41) is 12.4. The molecule has 2 N–H and O–H groups in total. The lowest BCUT2D eigenvalue weighted by Crippen LogP contribution is -2.34. The topological polar surface area (TPSA) is 32.3 Å². The summed E-state index contributed by atoms with van der Waals surface area (Å²) in [7, 11) is 0. The highest BCUT2D eigenvalue weighted by molar-refractivity contribution is 9.10. The van der Waals surface area contributed by atoms with E-state index in [4.69, 9.17) is 5.11 Å². The highest BCUT2D eigenvalue weighted by Crippen LogP contribution is 2.24. The molecule has 2 nitrogen and oxygen atoms in total. The van der Waals surface area contributed by atoms with Crippen molar-refractivity contribution in [3.63, 3.8) is 0 Å². The zero-order chi connectivity index (χ0) is 12.1. The maximum atomic E-state index is 12.9.